The molecule has 3 rings (SSSR count). The van der Waals surface area contributed by atoms with Crippen LogP contribution in [0.3, 0.4) is 0 Å². The van der Waals surface area contributed by atoms with E-state index in [1.54, 1.807) is 26.4 Å². The topological polar surface area (TPSA) is 97.0 Å². The van der Waals surface area contributed by atoms with Crippen LogP contribution >= 0.6 is 0 Å². The van der Waals surface area contributed by atoms with Gasteiger partial charge in [-0.15, -0.1) is 0 Å². The second-order valence-corrected chi connectivity index (χ2v) is 8.02. The quantitative estimate of drug-likeness (QED) is 0.664. The molecule has 1 heterocycles. The molecule has 0 bridgehead atoms. The van der Waals surface area contributed by atoms with Gasteiger partial charge in [-0.05, 0) is 43.9 Å². The van der Waals surface area contributed by atoms with E-state index in [9.17, 15) is 14.4 Å². The minimum absolute atomic E-state index is 0.00998. The second kappa shape index (κ2) is 9.82. The monoisotopic (exact) mass is 417 g/mol. The number of methoxy groups -OCH3 is 2. The first-order chi connectivity index (χ1) is 14.4. The Kier molecular flexibility index (Phi) is 7.18. The number of hydrogen-bond donors (Lipinski definition) is 2. The number of likely N-dealkylation sites (tertiary alicyclic amines) is 1. The Hall–Kier alpha value is -2.77. The minimum Gasteiger partial charge on any atom is -0.497 e. The molecule has 164 valence electrons. The molecule has 8 heteroatoms. The fraction of sp³-hybridized carbons (Fsp3) is 0.591. The van der Waals surface area contributed by atoms with Crippen LogP contribution in [-0.2, 0) is 20.8 Å². The van der Waals surface area contributed by atoms with E-state index in [-0.39, 0.29) is 36.1 Å². The van der Waals surface area contributed by atoms with Gasteiger partial charge in [0, 0.05) is 44.0 Å². The van der Waals surface area contributed by atoms with Crippen LogP contribution in [-0.4, -0.2) is 62.0 Å². The van der Waals surface area contributed by atoms with Gasteiger partial charge in [0.2, 0.25) is 17.7 Å². The molecule has 30 heavy (non-hydrogen) atoms. The number of nitrogens with one attached hydrogen (secondary N) is 2. The van der Waals surface area contributed by atoms with Gasteiger partial charge in [0.25, 0.3) is 0 Å². The average molecular weight is 418 g/mol. The lowest BCUT2D eigenvalue weighted by atomic mass is 10.0. The van der Waals surface area contributed by atoms with E-state index in [0.29, 0.717) is 24.6 Å². The maximum Gasteiger partial charge on any atom is 0.243 e. The summed E-state index contributed by atoms with van der Waals surface area (Å²) in [6.07, 6.45) is 3.73. The molecular weight excluding hydrogens is 386 g/mol. The van der Waals surface area contributed by atoms with Crippen LogP contribution in [0.5, 0.6) is 11.5 Å². The van der Waals surface area contributed by atoms with Gasteiger partial charge < -0.3 is 25.0 Å². The molecule has 0 spiro atoms. The first kappa shape index (κ1) is 21.9. The van der Waals surface area contributed by atoms with Crippen LogP contribution in [0, 0.1) is 5.92 Å². The highest BCUT2D eigenvalue weighted by Crippen LogP contribution is 2.32. The highest BCUT2D eigenvalue weighted by molar-refractivity contribution is 5.87. The van der Waals surface area contributed by atoms with Crippen molar-refractivity contribution in [2.24, 2.45) is 5.92 Å². The van der Waals surface area contributed by atoms with Crippen molar-refractivity contribution in [2.75, 3.05) is 27.3 Å². The van der Waals surface area contributed by atoms with Crippen molar-refractivity contribution in [3.8, 4) is 11.5 Å². The lowest BCUT2D eigenvalue weighted by Crippen LogP contribution is -2.53. The summed E-state index contributed by atoms with van der Waals surface area (Å²) in [4.78, 5) is 38.8. The van der Waals surface area contributed by atoms with E-state index in [1.807, 2.05) is 11.0 Å². The summed E-state index contributed by atoms with van der Waals surface area (Å²) in [6, 6.07) is 4.64. The van der Waals surface area contributed by atoms with Crippen molar-refractivity contribution in [2.45, 2.75) is 51.1 Å². The number of carbonyl (C=O) groups is 3. The maximum absolute atomic E-state index is 13.0. The molecule has 2 N–H and O–H groups in total. The van der Waals surface area contributed by atoms with E-state index < -0.39 is 6.04 Å². The third-order valence-corrected chi connectivity index (χ3v) is 5.69. The first-order valence-corrected chi connectivity index (χ1v) is 10.5. The van der Waals surface area contributed by atoms with Gasteiger partial charge in [-0.25, -0.2) is 0 Å². The fourth-order valence-electron chi connectivity index (χ4n) is 3.85. The predicted octanol–water partition coefficient (Wildman–Crippen LogP) is 1.27. The Morgan fingerprint density at radius 1 is 1.10 bits per heavy atom. The molecule has 3 amide bonds. The van der Waals surface area contributed by atoms with Crippen LogP contribution in [0.15, 0.2) is 18.2 Å². The Balaban J connectivity index is 1.62. The van der Waals surface area contributed by atoms with Crippen LogP contribution in [0.2, 0.25) is 0 Å². The Morgan fingerprint density at radius 3 is 2.37 bits per heavy atom. The predicted molar refractivity (Wildman–Crippen MR) is 111 cm³/mol. The number of carbonyl (C=O) groups excluding carboxylic acids is 3. The normalized spacial score (nSPS) is 17.8. The highest BCUT2D eigenvalue weighted by atomic mass is 16.5. The molecule has 8 nitrogen and oxygen atoms in total. The van der Waals surface area contributed by atoms with E-state index in [1.165, 1.54) is 6.92 Å². The van der Waals surface area contributed by atoms with Crippen LogP contribution in [0.4, 0.5) is 0 Å². The molecule has 0 unspecified atom stereocenters. The molecule has 1 atom stereocenters. The Morgan fingerprint density at radius 2 is 1.80 bits per heavy atom. The first-order valence-electron chi connectivity index (χ1n) is 10.5. The molecule has 0 aromatic heterocycles. The van der Waals surface area contributed by atoms with Crippen LogP contribution in [0.1, 0.15) is 38.2 Å². The van der Waals surface area contributed by atoms with Gasteiger partial charge in [-0.2, -0.15) is 0 Å². The van der Waals surface area contributed by atoms with Gasteiger partial charge in [-0.1, -0.05) is 0 Å². The Bertz CT molecular complexity index is 785. The summed E-state index contributed by atoms with van der Waals surface area (Å²) in [6.45, 7) is 2.72. The van der Waals surface area contributed by atoms with Crippen molar-refractivity contribution in [3.05, 3.63) is 23.8 Å². The third-order valence-electron chi connectivity index (χ3n) is 5.69. The van der Waals surface area contributed by atoms with Gasteiger partial charge in [0.05, 0.1) is 14.2 Å². The zero-order valence-corrected chi connectivity index (χ0v) is 17.9. The molecule has 2 aliphatic rings. The number of nitrogens with zero attached hydrogens (tertiary/aromatic N) is 1. The summed E-state index contributed by atoms with van der Waals surface area (Å²) in [7, 11) is 3.14. The molecular formula is C22H31N3O5. The highest BCUT2D eigenvalue weighted by Gasteiger charge is 2.35. The van der Waals surface area contributed by atoms with Crippen molar-refractivity contribution in [1.29, 1.82) is 0 Å². The number of benzene rings is 1. The summed E-state index contributed by atoms with van der Waals surface area (Å²) in [5.41, 5.74) is 0.774. The number of ether oxygens (including phenoxy) is 2. The summed E-state index contributed by atoms with van der Waals surface area (Å²) in [5.74, 6) is 1.24. The SMILES string of the molecule is COc1ccc(OC)c(C[C@H](NC(C)=O)C(=O)NC2CCN(C(=O)C3CC3)CC2)c1. The molecule has 2 fully saturated rings. The van der Waals surface area contributed by atoms with E-state index in [4.69, 9.17) is 9.47 Å². The van der Waals surface area contributed by atoms with Crippen LogP contribution < -0.4 is 20.1 Å². The van der Waals surface area contributed by atoms with Gasteiger partial charge in [0.1, 0.15) is 17.5 Å². The van der Waals surface area contributed by atoms with Gasteiger partial charge in [-0.3, -0.25) is 14.4 Å². The lowest BCUT2D eigenvalue weighted by Gasteiger charge is -2.33. The molecule has 1 saturated heterocycles. The van der Waals surface area contributed by atoms with E-state index >= 15 is 0 Å². The van der Waals surface area contributed by atoms with Crippen molar-refractivity contribution in [3.63, 3.8) is 0 Å². The molecule has 0 radical (unpaired) electrons. The average Bonchev–Trinajstić information content (AvgIpc) is 3.58. The second-order valence-electron chi connectivity index (χ2n) is 8.02. The van der Waals surface area contributed by atoms with Crippen molar-refractivity contribution in [1.82, 2.24) is 15.5 Å². The number of amides is 3. The molecule has 1 aromatic carbocycles. The summed E-state index contributed by atoms with van der Waals surface area (Å²) >= 11 is 0. The summed E-state index contributed by atoms with van der Waals surface area (Å²) in [5, 5.41) is 5.80. The van der Waals surface area contributed by atoms with Crippen LogP contribution in [0.25, 0.3) is 0 Å². The zero-order chi connectivity index (χ0) is 21.7. The number of rotatable bonds is 8. The molecule has 1 aliphatic heterocycles. The molecule has 1 aromatic rings. The number of piperidine rings is 1. The molecule has 1 aliphatic carbocycles. The third kappa shape index (κ3) is 5.64. The molecule has 1 saturated carbocycles. The van der Waals surface area contributed by atoms with Gasteiger partial charge in [0.15, 0.2) is 0 Å². The lowest BCUT2D eigenvalue weighted by molar-refractivity contribution is -0.134. The van der Waals surface area contributed by atoms with Crippen molar-refractivity contribution >= 4 is 17.7 Å². The minimum atomic E-state index is -0.727. The fourth-order valence-corrected chi connectivity index (χ4v) is 3.85. The number of hydrogen-bond acceptors (Lipinski definition) is 5. The maximum atomic E-state index is 13.0. The Labute approximate surface area is 177 Å². The van der Waals surface area contributed by atoms with Gasteiger partial charge >= 0.3 is 0 Å². The zero-order valence-electron chi connectivity index (χ0n) is 17.9. The largest absolute Gasteiger partial charge is 0.497 e. The summed E-state index contributed by atoms with van der Waals surface area (Å²) < 4.78 is 10.7. The van der Waals surface area contributed by atoms with E-state index in [2.05, 4.69) is 10.6 Å². The van der Waals surface area contributed by atoms with Crippen molar-refractivity contribution < 1.29 is 23.9 Å². The standard InChI is InChI=1S/C22H31N3O5/c1-14(26)23-19(13-16-12-18(29-2)6-7-20(16)30-3)21(27)24-17-8-10-25(11-9-17)22(28)15-4-5-15/h6-7,12,15,17,19H,4-5,8-11,13H2,1-3H3,(H,23,26)(H,24,27)/t19-/m0/s1. The van der Waals surface area contributed by atoms with E-state index in [0.717, 1.165) is 31.2 Å². The smallest absolute Gasteiger partial charge is 0.243 e.